The van der Waals surface area contributed by atoms with E-state index in [9.17, 15) is 14.0 Å². The minimum absolute atomic E-state index is 0.0360. The van der Waals surface area contributed by atoms with Crippen LogP contribution in [-0.2, 0) is 22.4 Å². The largest absolute Gasteiger partial charge is 0.356 e. The minimum atomic E-state index is -0.359. The molecule has 5 nitrogen and oxygen atoms in total. The van der Waals surface area contributed by atoms with Crippen molar-refractivity contribution < 1.29 is 14.0 Å². The number of amides is 2. The topological polar surface area (TPSA) is 71.1 Å². The Hall–Kier alpha value is -3.06. The van der Waals surface area contributed by atoms with Crippen molar-refractivity contribution >= 4 is 28.3 Å². The van der Waals surface area contributed by atoms with Crippen LogP contribution in [0.15, 0.2) is 53.9 Å². The lowest BCUT2D eigenvalue weighted by atomic mass is 10.1. The highest BCUT2D eigenvalue weighted by molar-refractivity contribution is 7.14. The Morgan fingerprint density at radius 3 is 2.61 bits per heavy atom. The fourth-order valence-corrected chi connectivity index (χ4v) is 3.42. The van der Waals surface area contributed by atoms with Crippen molar-refractivity contribution in [2.45, 2.75) is 19.8 Å². The van der Waals surface area contributed by atoms with E-state index < -0.39 is 0 Å². The standard InChI is InChI=1S/C21H20FN3O2S/c1-14(26)23-10-9-15-5-7-17(8-6-15)19-13-28-21(24-19)25-20(27)12-16-3-2-4-18(22)11-16/h2-8,11,13H,9-10,12H2,1H3,(H,23,26)(H,24,25,27). The third kappa shape index (κ3) is 5.72. The SMILES string of the molecule is CC(=O)NCCc1ccc(-c2csc(NC(=O)Cc3cccc(F)c3)n2)cc1. The van der Waals surface area contributed by atoms with Gasteiger partial charge >= 0.3 is 0 Å². The van der Waals surface area contributed by atoms with E-state index in [0.29, 0.717) is 17.2 Å². The maximum atomic E-state index is 13.2. The van der Waals surface area contributed by atoms with Crippen molar-refractivity contribution in [1.29, 1.82) is 0 Å². The van der Waals surface area contributed by atoms with Gasteiger partial charge in [-0.3, -0.25) is 9.59 Å². The molecule has 0 saturated carbocycles. The molecule has 2 N–H and O–H groups in total. The van der Waals surface area contributed by atoms with E-state index in [1.807, 2.05) is 29.6 Å². The van der Waals surface area contributed by atoms with Gasteiger partial charge in [0.25, 0.3) is 0 Å². The molecule has 0 spiro atoms. The van der Waals surface area contributed by atoms with Crippen molar-refractivity contribution in [3.63, 3.8) is 0 Å². The van der Waals surface area contributed by atoms with E-state index in [-0.39, 0.29) is 24.1 Å². The van der Waals surface area contributed by atoms with Crippen LogP contribution >= 0.6 is 11.3 Å². The molecule has 0 atom stereocenters. The van der Waals surface area contributed by atoms with Crippen molar-refractivity contribution in [1.82, 2.24) is 10.3 Å². The summed E-state index contributed by atoms with van der Waals surface area (Å²) in [5.74, 6) is -0.631. The van der Waals surface area contributed by atoms with Crippen LogP contribution in [0.2, 0.25) is 0 Å². The number of benzene rings is 2. The molecule has 7 heteroatoms. The van der Waals surface area contributed by atoms with Gasteiger partial charge < -0.3 is 10.6 Å². The highest BCUT2D eigenvalue weighted by Gasteiger charge is 2.09. The Morgan fingerprint density at radius 1 is 1.11 bits per heavy atom. The molecule has 1 heterocycles. The van der Waals surface area contributed by atoms with E-state index in [1.54, 1.807) is 12.1 Å². The maximum absolute atomic E-state index is 13.2. The summed E-state index contributed by atoms with van der Waals surface area (Å²) in [6.45, 7) is 2.10. The third-order valence-electron chi connectivity index (χ3n) is 4.04. The molecule has 0 aliphatic carbocycles. The zero-order valence-electron chi connectivity index (χ0n) is 15.4. The van der Waals surface area contributed by atoms with Crippen LogP contribution in [-0.4, -0.2) is 23.3 Å². The fraction of sp³-hybridized carbons (Fsp3) is 0.190. The number of hydrogen-bond donors (Lipinski definition) is 2. The van der Waals surface area contributed by atoms with Gasteiger partial charge in [-0.15, -0.1) is 11.3 Å². The predicted molar refractivity (Wildman–Crippen MR) is 109 cm³/mol. The molecule has 3 aromatic rings. The van der Waals surface area contributed by atoms with Crippen LogP contribution in [0.25, 0.3) is 11.3 Å². The number of nitrogens with zero attached hydrogens (tertiary/aromatic N) is 1. The van der Waals surface area contributed by atoms with E-state index in [1.165, 1.54) is 30.4 Å². The van der Waals surface area contributed by atoms with E-state index >= 15 is 0 Å². The van der Waals surface area contributed by atoms with Gasteiger partial charge in [-0.1, -0.05) is 36.4 Å². The summed E-state index contributed by atoms with van der Waals surface area (Å²) in [7, 11) is 0. The highest BCUT2D eigenvalue weighted by Crippen LogP contribution is 2.25. The highest BCUT2D eigenvalue weighted by atomic mass is 32.1. The predicted octanol–water partition coefficient (Wildman–Crippen LogP) is 3.81. The zero-order valence-corrected chi connectivity index (χ0v) is 16.2. The molecule has 0 aliphatic rings. The van der Waals surface area contributed by atoms with Gasteiger partial charge in [0.1, 0.15) is 5.82 Å². The van der Waals surface area contributed by atoms with E-state index in [4.69, 9.17) is 0 Å². The molecule has 0 saturated heterocycles. The van der Waals surface area contributed by atoms with Crippen LogP contribution in [0.5, 0.6) is 0 Å². The van der Waals surface area contributed by atoms with Gasteiger partial charge in [-0.25, -0.2) is 9.37 Å². The average Bonchev–Trinajstić information content (AvgIpc) is 3.10. The second-order valence-corrected chi connectivity index (χ2v) is 7.18. The normalized spacial score (nSPS) is 10.5. The number of aromatic nitrogens is 1. The second-order valence-electron chi connectivity index (χ2n) is 6.32. The number of nitrogens with one attached hydrogen (secondary N) is 2. The molecule has 0 fully saturated rings. The molecule has 0 bridgehead atoms. The smallest absolute Gasteiger partial charge is 0.230 e. The molecule has 3 rings (SSSR count). The minimum Gasteiger partial charge on any atom is -0.356 e. The summed E-state index contributed by atoms with van der Waals surface area (Å²) in [5, 5.41) is 7.91. The lowest BCUT2D eigenvalue weighted by molar-refractivity contribution is -0.119. The number of carbonyl (C=O) groups excluding carboxylic acids is 2. The first-order chi connectivity index (χ1) is 13.5. The fourth-order valence-electron chi connectivity index (χ4n) is 2.68. The van der Waals surface area contributed by atoms with Gasteiger partial charge in [-0.2, -0.15) is 0 Å². The van der Waals surface area contributed by atoms with Crippen molar-refractivity contribution in [3.8, 4) is 11.3 Å². The monoisotopic (exact) mass is 397 g/mol. The van der Waals surface area contributed by atoms with E-state index in [0.717, 1.165) is 23.2 Å². The molecule has 0 unspecified atom stereocenters. The summed E-state index contributed by atoms with van der Waals surface area (Å²) < 4.78 is 13.2. The van der Waals surface area contributed by atoms with Gasteiger partial charge in [0.05, 0.1) is 12.1 Å². The molecule has 0 radical (unpaired) electrons. The molecule has 1 aromatic heterocycles. The summed E-state index contributed by atoms with van der Waals surface area (Å²) in [6.07, 6.45) is 0.855. The van der Waals surface area contributed by atoms with Gasteiger partial charge in [0.15, 0.2) is 5.13 Å². The number of thiazole rings is 1. The van der Waals surface area contributed by atoms with Crippen LogP contribution in [0, 0.1) is 5.82 Å². The summed E-state index contributed by atoms with van der Waals surface area (Å²) in [4.78, 5) is 27.5. The summed E-state index contributed by atoms with van der Waals surface area (Å²) in [6, 6.07) is 13.9. The Bertz CT molecular complexity index is 970. The quantitative estimate of drug-likeness (QED) is 0.637. The maximum Gasteiger partial charge on any atom is 0.230 e. The van der Waals surface area contributed by atoms with Crippen LogP contribution in [0.1, 0.15) is 18.1 Å². The molecule has 2 amide bonds. The lowest BCUT2D eigenvalue weighted by Gasteiger charge is -2.04. The molecule has 2 aromatic carbocycles. The molecule has 144 valence electrons. The lowest BCUT2D eigenvalue weighted by Crippen LogP contribution is -2.22. The van der Waals surface area contributed by atoms with E-state index in [2.05, 4.69) is 15.6 Å². The summed E-state index contributed by atoms with van der Waals surface area (Å²) >= 11 is 1.34. The Labute approximate surface area is 166 Å². The molecule has 28 heavy (non-hydrogen) atoms. The molecular weight excluding hydrogens is 377 g/mol. The average molecular weight is 397 g/mol. The number of anilines is 1. The number of rotatable bonds is 7. The van der Waals surface area contributed by atoms with Crippen molar-refractivity contribution in [2.24, 2.45) is 0 Å². The Morgan fingerprint density at radius 2 is 1.89 bits per heavy atom. The van der Waals surface area contributed by atoms with Gasteiger partial charge in [0, 0.05) is 24.4 Å². The van der Waals surface area contributed by atoms with Crippen LogP contribution in [0.3, 0.4) is 0 Å². The first-order valence-corrected chi connectivity index (χ1v) is 9.71. The Balaban J connectivity index is 1.57. The van der Waals surface area contributed by atoms with Crippen molar-refractivity contribution in [2.75, 3.05) is 11.9 Å². The third-order valence-corrected chi connectivity index (χ3v) is 4.80. The summed E-state index contributed by atoms with van der Waals surface area (Å²) in [5.41, 5.74) is 3.46. The number of halogens is 1. The first-order valence-electron chi connectivity index (χ1n) is 8.83. The number of hydrogen-bond acceptors (Lipinski definition) is 4. The number of carbonyl (C=O) groups is 2. The molecule has 0 aliphatic heterocycles. The van der Waals surface area contributed by atoms with Gasteiger partial charge in [-0.05, 0) is 29.7 Å². The zero-order chi connectivity index (χ0) is 19.9. The van der Waals surface area contributed by atoms with Gasteiger partial charge in [0.2, 0.25) is 11.8 Å². The van der Waals surface area contributed by atoms with Crippen molar-refractivity contribution in [3.05, 3.63) is 70.9 Å². The first kappa shape index (κ1) is 19.7. The van der Waals surface area contributed by atoms with Crippen LogP contribution < -0.4 is 10.6 Å². The van der Waals surface area contributed by atoms with Crippen LogP contribution in [0.4, 0.5) is 9.52 Å². The molecular formula is C21H20FN3O2S. The Kier molecular flexibility index (Phi) is 6.49. The second kappa shape index (κ2) is 9.23.